The number of aliphatic carboxylic acids is 1. The minimum absolute atomic E-state index is 0.906. The summed E-state index contributed by atoms with van der Waals surface area (Å²) in [6.45, 7) is 6.33. The molecule has 112 valence electrons. The molecule has 5 heteroatoms. The first-order valence-electron chi connectivity index (χ1n) is 6.86. The number of rotatable bonds is 9. The van der Waals surface area contributed by atoms with Gasteiger partial charge in [-0.15, -0.1) is 11.3 Å². The molecule has 20 heavy (non-hydrogen) atoms. The summed E-state index contributed by atoms with van der Waals surface area (Å²) in [7, 11) is 4.17. The van der Waals surface area contributed by atoms with Gasteiger partial charge in [0.2, 0.25) is 0 Å². The van der Waals surface area contributed by atoms with E-state index in [0.717, 1.165) is 38.2 Å². The van der Waals surface area contributed by atoms with E-state index in [1.165, 1.54) is 11.0 Å². The molecule has 0 aliphatic heterocycles. The molecule has 0 saturated heterocycles. The van der Waals surface area contributed by atoms with Crippen molar-refractivity contribution in [2.45, 2.75) is 19.9 Å². The summed E-state index contributed by atoms with van der Waals surface area (Å²) in [4.78, 5) is 16.4. The van der Waals surface area contributed by atoms with Gasteiger partial charge in [-0.1, -0.05) is 6.92 Å². The van der Waals surface area contributed by atoms with Crippen molar-refractivity contribution in [3.05, 3.63) is 28.0 Å². The van der Waals surface area contributed by atoms with E-state index < -0.39 is 5.97 Å². The van der Waals surface area contributed by atoms with Crippen molar-refractivity contribution in [1.82, 2.24) is 9.80 Å². The summed E-state index contributed by atoms with van der Waals surface area (Å²) in [5, 5.41) is 10.6. The first-order valence-corrected chi connectivity index (χ1v) is 7.74. The van der Waals surface area contributed by atoms with Crippen molar-refractivity contribution < 1.29 is 9.90 Å². The zero-order chi connectivity index (χ0) is 15.0. The molecule has 1 heterocycles. The second-order valence-electron chi connectivity index (χ2n) is 5.10. The van der Waals surface area contributed by atoms with Gasteiger partial charge in [0.15, 0.2) is 0 Å². The van der Waals surface area contributed by atoms with Crippen LogP contribution in [0, 0.1) is 0 Å². The highest BCUT2D eigenvalue weighted by Gasteiger charge is 2.07. The molecule has 0 spiro atoms. The van der Waals surface area contributed by atoms with E-state index in [4.69, 9.17) is 5.11 Å². The van der Waals surface area contributed by atoms with Gasteiger partial charge in [-0.2, -0.15) is 0 Å². The topological polar surface area (TPSA) is 43.8 Å². The Bertz CT molecular complexity index is 441. The van der Waals surface area contributed by atoms with Crippen LogP contribution >= 0.6 is 11.3 Å². The third-order valence-corrected chi connectivity index (χ3v) is 3.81. The summed E-state index contributed by atoms with van der Waals surface area (Å²) < 4.78 is 0. The van der Waals surface area contributed by atoms with E-state index in [1.54, 1.807) is 17.4 Å². The van der Waals surface area contributed by atoms with Crippen molar-refractivity contribution in [1.29, 1.82) is 0 Å². The minimum atomic E-state index is -0.906. The Morgan fingerprint density at radius 1 is 1.35 bits per heavy atom. The maximum atomic E-state index is 10.5. The Balaban J connectivity index is 2.57. The average Bonchev–Trinajstić information content (AvgIpc) is 2.81. The Kier molecular flexibility index (Phi) is 7.51. The van der Waals surface area contributed by atoms with E-state index in [0.29, 0.717) is 0 Å². The molecule has 0 radical (unpaired) electrons. The number of hydrogen-bond acceptors (Lipinski definition) is 4. The highest BCUT2D eigenvalue weighted by Crippen LogP contribution is 2.18. The number of nitrogens with zero attached hydrogens (tertiary/aromatic N) is 2. The van der Waals surface area contributed by atoms with Gasteiger partial charge in [-0.25, -0.2) is 4.79 Å². The molecule has 4 nitrogen and oxygen atoms in total. The molecular weight excluding hydrogens is 272 g/mol. The van der Waals surface area contributed by atoms with Crippen molar-refractivity contribution in [3.8, 4) is 0 Å². The Morgan fingerprint density at radius 2 is 2.10 bits per heavy atom. The molecule has 1 N–H and O–H groups in total. The third-order valence-electron chi connectivity index (χ3n) is 2.88. The molecule has 1 rings (SSSR count). The summed E-state index contributed by atoms with van der Waals surface area (Å²) in [5.41, 5.74) is 0.969. The van der Waals surface area contributed by atoms with Crippen molar-refractivity contribution in [3.63, 3.8) is 0 Å². The maximum Gasteiger partial charge on any atom is 0.328 e. The van der Waals surface area contributed by atoms with Crippen LogP contribution in [0.4, 0.5) is 0 Å². The SMILES string of the molecule is CCCN(CCN(C)C)Cc1cc(C=CC(=O)O)cs1. The molecule has 0 atom stereocenters. The molecule has 0 aliphatic carbocycles. The van der Waals surface area contributed by atoms with Crippen LogP contribution < -0.4 is 0 Å². The zero-order valence-electron chi connectivity index (χ0n) is 12.5. The van der Waals surface area contributed by atoms with Crippen LogP contribution in [0.5, 0.6) is 0 Å². The summed E-state index contributed by atoms with van der Waals surface area (Å²) >= 11 is 1.69. The van der Waals surface area contributed by atoms with Gasteiger partial charge in [-0.05, 0) is 50.1 Å². The summed E-state index contributed by atoms with van der Waals surface area (Å²) in [5.74, 6) is -0.906. The van der Waals surface area contributed by atoms with Gasteiger partial charge in [0.1, 0.15) is 0 Å². The maximum absolute atomic E-state index is 10.5. The molecule has 0 bridgehead atoms. The first-order chi connectivity index (χ1) is 9.51. The lowest BCUT2D eigenvalue weighted by Crippen LogP contribution is -2.31. The van der Waals surface area contributed by atoms with Crippen LogP contribution in [0.2, 0.25) is 0 Å². The fraction of sp³-hybridized carbons (Fsp3) is 0.533. The van der Waals surface area contributed by atoms with Crippen molar-refractivity contribution >= 4 is 23.4 Å². The van der Waals surface area contributed by atoms with Crippen LogP contribution in [0.3, 0.4) is 0 Å². The van der Waals surface area contributed by atoms with Crippen LogP contribution in [0.1, 0.15) is 23.8 Å². The molecule has 0 aromatic carbocycles. The average molecular weight is 296 g/mol. The third kappa shape index (κ3) is 6.84. The normalized spacial score (nSPS) is 11.8. The molecule has 0 fully saturated rings. The largest absolute Gasteiger partial charge is 0.478 e. The fourth-order valence-electron chi connectivity index (χ4n) is 1.88. The fourth-order valence-corrected chi connectivity index (χ4v) is 2.78. The van der Waals surface area contributed by atoms with Gasteiger partial charge >= 0.3 is 5.97 Å². The lowest BCUT2D eigenvalue weighted by Gasteiger charge is -2.22. The van der Waals surface area contributed by atoms with Crippen LogP contribution in [0.15, 0.2) is 17.5 Å². The smallest absolute Gasteiger partial charge is 0.328 e. The van der Waals surface area contributed by atoms with Gasteiger partial charge in [0.25, 0.3) is 0 Å². The lowest BCUT2D eigenvalue weighted by atomic mass is 10.2. The van der Waals surface area contributed by atoms with Crippen LogP contribution in [-0.4, -0.2) is 54.6 Å². The summed E-state index contributed by atoms with van der Waals surface area (Å²) in [6, 6.07) is 2.07. The van der Waals surface area contributed by atoms with Gasteiger partial charge in [-0.3, -0.25) is 4.90 Å². The molecule has 1 aromatic heterocycles. The van der Waals surface area contributed by atoms with E-state index in [-0.39, 0.29) is 0 Å². The second-order valence-corrected chi connectivity index (χ2v) is 6.09. The van der Waals surface area contributed by atoms with E-state index in [9.17, 15) is 4.79 Å². The molecule has 1 aromatic rings. The van der Waals surface area contributed by atoms with Gasteiger partial charge in [0.05, 0.1) is 0 Å². The van der Waals surface area contributed by atoms with Crippen molar-refractivity contribution in [2.24, 2.45) is 0 Å². The number of thiophene rings is 1. The predicted molar refractivity (Wildman–Crippen MR) is 85.1 cm³/mol. The van der Waals surface area contributed by atoms with Gasteiger partial charge in [0, 0.05) is 30.6 Å². The zero-order valence-corrected chi connectivity index (χ0v) is 13.3. The highest BCUT2D eigenvalue weighted by molar-refractivity contribution is 7.10. The highest BCUT2D eigenvalue weighted by atomic mass is 32.1. The predicted octanol–water partition coefficient (Wildman–Crippen LogP) is 2.62. The van der Waals surface area contributed by atoms with E-state index in [1.807, 2.05) is 5.38 Å². The van der Waals surface area contributed by atoms with E-state index in [2.05, 4.69) is 36.9 Å². The molecule has 0 saturated carbocycles. The number of carbonyl (C=O) groups is 1. The van der Waals surface area contributed by atoms with Crippen LogP contribution in [0.25, 0.3) is 6.08 Å². The standard InChI is InChI=1S/C15H24N2O2S/c1-4-7-17(9-8-16(2)3)11-14-10-13(12-20-14)5-6-15(18)19/h5-6,10,12H,4,7-9,11H2,1-3H3,(H,18,19). The Hall–Kier alpha value is -1.17. The quantitative estimate of drug-likeness (QED) is 0.711. The second kappa shape index (κ2) is 8.89. The molecular formula is C15H24N2O2S. The first kappa shape index (κ1) is 16.9. The monoisotopic (exact) mass is 296 g/mol. The number of carboxylic acid groups (broad SMARTS) is 1. The molecule has 0 unspecified atom stereocenters. The number of carboxylic acids is 1. The van der Waals surface area contributed by atoms with E-state index >= 15 is 0 Å². The molecule has 0 aliphatic rings. The summed E-state index contributed by atoms with van der Waals surface area (Å²) in [6.07, 6.45) is 3.97. The Labute approximate surface area is 125 Å². The molecule has 0 amide bonds. The number of hydrogen-bond donors (Lipinski definition) is 1. The Morgan fingerprint density at radius 3 is 2.70 bits per heavy atom. The van der Waals surface area contributed by atoms with Crippen molar-refractivity contribution in [2.75, 3.05) is 33.7 Å². The van der Waals surface area contributed by atoms with Gasteiger partial charge < -0.3 is 10.0 Å². The minimum Gasteiger partial charge on any atom is -0.478 e. The number of likely N-dealkylation sites (N-methyl/N-ethyl adjacent to an activating group) is 1. The van der Waals surface area contributed by atoms with Crippen LogP contribution in [-0.2, 0) is 11.3 Å². The lowest BCUT2D eigenvalue weighted by molar-refractivity contribution is -0.131.